The van der Waals surface area contributed by atoms with Gasteiger partial charge in [-0.05, 0) is 43.8 Å². The van der Waals surface area contributed by atoms with E-state index in [0.717, 1.165) is 30.3 Å². The molecule has 7 heteroatoms. The first-order valence-electron chi connectivity index (χ1n) is 10.7. The lowest BCUT2D eigenvalue weighted by Crippen LogP contribution is -2.40. The van der Waals surface area contributed by atoms with E-state index in [0.29, 0.717) is 24.7 Å². The molecule has 2 saturated heterocycles. The van der Waals surface area contributed by atoms with Crippen LogP contribution in [0.4, 0.5) is 10.5 Å². The van der Waals surface area contributed by atoms with Gasteiger partial charge in [-0.15, -0.1) is 0 Å². The Balaban J connectivity index is 1.35. The Kier molecular flexibility index (Phi) is 5.99. The largest absolute Gasteiger partial charge is 0.355 e. The average molecular weight is 409 g/mol. The topological polar surface area (TPSA) is 81.8 Å². The summed E-state index contributed by atoms with van der Waals surface area (Å²) in [4.78, 5) is 41.3. The maximum absolute atomic E-state index is 12.9. The van der Waals surface area contributed by atoms with Crippen LogP contribution in [-0.4, -0.2) is 54.5 Å². The molecule has 4 rings (SSSR count). The second-order valence-corrected chi connectivity index (χ2v) is 7.94. The number of carbonyl (C=O) groups is 3. The minimum absolute atomic E-state index is 0.0800. The first-order chi connectivity index (χ1) is 14.6. The number of nitrogens with zero attached hydrogens (tertiary/aromatic N) is 2. The first kappa shape index (κ1) is 20.3. The second-order valence-electron chi connectivity index (χ2n) is 7.94. The molecule has 2 aromatic carbocycles. The zero-order valence-corrected chi connectivity index (χ0v) is 17.3. The Bertz CT molecular complexity index is 955. The van der Waals surface area contributed by atoms with Crippen LogP contribution in [0.15, 0.2) is 42.5 Å². The molecule has 4 amide bonds. The summed E-state index contributed by atoms with van der Waals surface area (Å²) >= 11 is 0. The van der Waals surface area contributed by atoms with Crippen LogP contribution in [0.3, 0.4) is 0 Å². The summed E-state index contributed by atoms with van der Waals surface area (Å²) in [5.41, 5.74) is 0.573. The van der Waals surface area contributed by atoms with Crippen molar-refractivity contribution in [3.8, 4) is 0 Å². The Morgan fingerprint density at radius 1 is 1.17 bits per heavy atom. The Labute approximate surface area is 176 Å². The molecular formula is C23H28N4O3. The molecule has 2 aromatic rings. The first-order valence-corrected chi connectivity index (χ1v) is 10.7. The van der Waals surface area contributed by atoms with Crippen LogP contribution in [0.25, 0.3) is 10.8 Å². The molecular weight excluding hydrogens is 380 g/mol. The predicted molar refractivity (Wildman–Crippen MR) is 116 cm³/mol. The fourth-order valence-corrected chi connectivity index (χ4v) is 4.50. The number of imide groups is 1. The van der Waals surface area contributed by atoms with E-state index in [4.69, 9.17) is 0 Å². The summed E-state index contributed by atoms with van der Waals surface area (Å²) in [5, 5.41) is 7.53. The highest BCUT2D eigenvalue weighted by Gasteiger charge is 2.39. The number of hydrogen-bond donors (Lipinski definition) is 2. The molecule has 2 heterocycles. The number of nitrogens with one attached hydrogen (secondary N) is 2. The van der Waals surface area contributed by atoms with Gasteiger partial charge in [0.15, 0.2) is 0 Å². The van der Waals surface area contributed by atoms with E-state index in [2.05, 4.69) is 22.5 Å². The molecule has 0 unspecified atom stereocenters. The molecule has 2 atom stereocenters. The zero-order valence-electron chi connectivity index (χ0n) is 17.3. The quantitative estimate of drug-likeness (QED) is 0.690. The van der Waals surface area contributed by atoms with Gasteiger partial charge in [0.05, 0.1) is 5.69 Å². The van der Waals surface area contributed by atoms with Crippen LogP contribution in [0.5, 0.6) is 0 Å². The third kappa shape index (κ3) is 4.03. The van der Waals surface area contributed by atoms with Gasteiger partial charge in [-0.1, -0.05) is 43.3 Å². The number of benzene rings is 2. The molecule has 0 aliphatic carbocycles. The maximum Gasteiger partial charge on any atom is 0.329 e. The molecule has 0 radical (unpaired) electrons. The van der Waals surface area contributed by atoms with Gasteiger partial charge in [-0.25, -0.2) is 9.69 Å². The molecule has 0 aromatic heterocycles. The molecule has 2 aliphatic heterocycles. The van der Waals surface area contributed by atoms with Crippen molar-refractivity contribution in [1.82, 2.24) is 15.5 Å². The molecule has 2 N–H and O–H groups in total. The number of amides is 4. The third-order valence-electron chi connectivity index (χ3n) is 6.13. The van der Waals surface area contributed by atoms with Crippen molar-refractivity contribution < 1.29 is 14.4 Å². The number of carbonyl (C=O) groups excluding carboxylic acids is 3. The SMILES string of the molecule is CCN1CCC[C@@H]1CNC(=O)CC[C@H]1NC(=O)N(c2cccc3ccccc23)C1=O. The van der Waals surface area contributed by atoms with Gasteiger partial charge >= 0.3 is 6.03 Å². The lowest BCUT2D eigenvalue weighted by atomic mass is 10.1. The number of anilines is 1. The minimum Gasteiger partial charge on any atom is -0.355 e. The van der Waals surface area contributed by atoms with E-state index in [1.54, 1.807) is 6.07 Å². The van der Waals surface area contributed by atoms with Crippen LogP contribution >= 0.6 is 0 Å². The van der Waals surface area contributed by atoms with Crippen molar-refractivity contribution in [3.05, 3.63) is 42.5 Å². The summed E-state index contributed by atoms with van der Waals surface area (Å²) in [6.07, 6.45) is 2.77. The van der Waals surface area contributed by atoms with Crippen molar-refractivity contribution in [2.24, 2.45) is 0 Å². The van der Waals surface area contributed by atoms with Gasteiger partial charge in [-0.2, -0.15) is 0 Å². The lowest BCUT2D eigenvalue weighted by Gasteiger charge is -2.22. The summed E-state index contributed by atoms with van der Waals surface area (Å²) in [7, 11) is 0. The average Bonchev–Trinajstić information content (AvgIpc) is 3.33. The highest BCUT2D eigenvalue weighted by atomic mass is 16.2. The van der Waals surface area contributed by atoms with E-state index >= 15 is 0 Å². The molecule has 2 aliphatic rings. The number of likely N-dealkylation sites (tertiary alicyclic amines) is 1. The number of hydrogen-bond acceptors (Lipinski definition) is 4. The second kappa shape index (κ2) is 8.83. The Morgan fingerprint density at radius 3 is 2.80 bits per heavy atom. The summed E-state index contributed by atoms with van der Waals surface area (Å²) in [5.74, 6) is -0.388. The highest BCUT2D eigenvalue weighted by molar-refractivity contribution is 6.24. The van der Waals surface area contributed by atoms with Crippen LogP contribution in [0.1, 0.15) is 32.6 Å². The fourth-order valence-electron chi connectivity index (χ4n) is 4.50. The smallest absolute Gasteiger partial charge is 0.329 e. The fraction of sp³-hybridized carbons (Fsp3) is 0.435. The minimum atomic E-state index is -0.680. The molecule has 0 spiro atoms. The number of fused-ring (bicyclic) bond motifs is 1. The normalized spacial score (nSPS) is 22.0. The van der Waals surface area contributed by atoms with Crippen molar-refractivity contribution >= 4 is 34.3 Å². The Hall–Kier alpha value is -2.93. The monoisotopic (exact) mass is 408 g/mol. The predicted octanol–water partition coefficient (Wildman–Crippen LogP) is 2.65. The van der Waals surface area contributed by atoms with Crippen LogP contribution in [-0.2, 0) is 9.59 Å². The molecule has 0 bridgehead atoms. The summed E-state index contributed by atoms with van der Waals surface area (Å²) in [6, 6.07) is 12.5. The van der Waals surface area contributed by atoms with Gasteiger partial charge in [0.2, 0.25) is 5.91 Å². The van der Waals surface area contributed by atoms with Crippen molar-refractivity contribution in [1.29, 1.82) is 0 Å². The van der Waals surface area contributed by atoms with Gasteiger partial charge < -0.3 is 10.6 Å². The molecule has 158 valence electrons. The maximum atomic E-state index is 12.9. The Morgan fingerprint density at radius 2 is 1.97 bits per heavy atom. The number of urea groups is 1. The van der Waals surface area contributed by atoms with Gasteiger partial charge in [-0.3, -0.25) is 14.5 Å². The standard InChI is InChI=1S/C23H28N4O3/c1-2-26-14-6-9-17(26)15-24-21(28)13-12-19-22(29)27(23(30)25-19)20-11-5-8-16-7-3-4-10-18(16)20/h3-5,7-8,10-11,17,19H,2,6,9,12-15H2,1H3,(H,24,28)(H,25,30)/t17-,19-/m1/s1. The van der Waals surface area contributed by atoms with Crippen LogP contribution < -0.4 is 15.5 Å². The summed E-state index contributed by atoms with van der Waals surface area (Å²) in [6.45, 7) is 4.85. The van der Waals surface area contributed by atoms with Gasteiger partial charge in [0.25, 0.3) is 5.91 Å². The highest BCUT2D eigenvalue weighted by Crippen LogP contribution is 2.29. The third-order valence-corrected chi connectivity index (χ3v) is 6.13. The van der Waals surface area contributed by atoms with Crippen molar-refractivity contribution in [2.75, 3.05) is 24.5 Å². The number of rotatable bonds is 7. The van der Waals surface area contributed by atoms with Gasteiger partial charge in [0.1, 0.15) is 6.04 Å². The lowest BCUT2D eigenvalue weighted by molar-refractivity contribution is -0.122. The van der Waals surface area contributed by atoms with E-state index in [1.807, 2.05) is 36.4 Å². The molecule has 30 heavy (non-hydrogen) atoms. The van der Waals surface area contributed by atoms with E-state index in [9.17, 15) is 14.4 Å². The van der Waals surface area contributed by atoms with Crippen LogP contribution in [0.2, 0.25) is 0 Å². The molecule has 2 fully saturated rings. The molecule has 7 nitrogen and oxygen atoms in total. The number of likely N-dealkylation sites (N-methyl/N-ethyl adjacent to an activating group) is 1. The van der Waals surface area contributed by atoms with Gasteiger partial charge in [0, 0.05) is 24.4 Å². The summed E-state index contributed by atoms with van der Waals surface area (Å²) < 4.78 is 0. The van der Waals surface area contributed by atoms with E-state index in [-0.39, 0.29) is 18.2 Å². The van der Waals surface area contributed by atoms with E-state index < -0.39 is 12.1 Å². The zero-order chi connectivity index (χ0) is 21.1. The van der Waals surface area contributed by atoms with Crippen molar-refractivity contribution in [2.45, 2.75) is 44.7 Å². The van der Waals surface area contributed by atoms with E-state index in [1.165, 1.54) is 11.3 Å². The molecule has 0 saturated carbocycles. The van der Waals surface area contributed by atoms with Crippen molar-refractivity contribution in [3.63, 3.8) is 0 Å². The van der Waals surface area contributed by atoms with Crippen LogP contribution in [0, 0.1) is 0 Å².